The number of thiophene rings is 1. The molecule has 0 saturated carbocycles. The standard InChI is InChI=1S/C10H12ClN3S/c11-10-2-1-9(15-10)3-4-12-5-8-6-13-7-14-8/h1-2,6-7,12H,3-5H2,(H,13,14). The zero-order chi connectivity index (χ0) is 10.5. The quantitative estimate of drug-likeness (QED) is 0.790. The van der Waals surface area contributed by atoms with Crippen molar-refractivity contribution in [2.24, 2.45) is 0 Å². The molecular formula is C10H12ClN3S. The Bertz CT molecular complexity index is 396. The molecule has 0 aliphatic heterocycles. The summed E-state index contributed by atoms with van der Waals surface area (Å²) in [5, 5.41) is 3.34. The number of nitrogens with one attached hydrogen (secondary N) is 2. The minimum atomic E-state index is 0.832. The summed E-state index contributed by atoms with van der Waals surface area (Å²) in [6.45, 7) is 1.79. The van der Waals surface area contributed by atoms with Crippen molar-refractivity contribution < 1.29 is 0 Å². The predicted octanol–water partition coefficient (Wildman–Crippen LogP) is 2.46. The van der Waals surface area contributed by atoms with Crippen LogP contribution in [0.2, 0.25) is 4.34 Å². The molecule has 80 valence electrons. The molecule has 0 bridgehead atoms. The van der Waals surface area contributed by atoms with E-state index in [1.54, 1.807) is 17.7 Å². The Morgan fingerprint density at radius 1 is 1.47 bits per heavy atom. The molecule has 0 spiro atoms. The van der Waals surface area contributed by atoms with Gasteiger partial charge >= 0.3 is 0 Å². The van der Waals surface area contributed by atoms with Crippen LogP contribution in [0.3, 0.4) is 0 Å². The maximum atomic E-state index is 5.84. The van der Waals surface area contributed by atoms with E-state index in [1.807, 2.05) is 12.3 Å². The van der Waals surface area contributed by atoms with Gasteiger partial charge in [0.05, 0.1) is 10.7 Å². The van der Waals surface area contributed by atoms with Crippen molar-refractivity contribution in [2.45, 2.75) is 13.0 Å². The number of halogens is 1. The van der Waals surface area contributed by atoms with Gasteiger partial charge in [-0.25, -0.2) is 4.98 Å². The molecule has 2 aromatic heterocycles. The lowest BCUT2D eigenvalue weighted by Gasteiger charge is -2.00. The lowest BCUT2D eigenvalue weighted by Crippen LogP contribution is -2.16. The molecule has 2 aromatic rings. The zero-order valence-corrected chi connectivity index (χ0v) is 9.74. The third-order valence-corrected chi connectivity index (χ3v) is 3.34. The predicted molar refractivity (Wildman–Crippen MR) is 63.3 cm³/mol. The van der Waals surface area contributed by atoms with Crippen molar-refractivity contribution in [3.63, 3.8) is 0 Å². The summed E-state index contributed by atoms with van der Waals surface area (Å²) in [4.78, 5) is 8.32. The Labute approximate surface area is 97.5 Å². The summed E-state index contributed by atoms with van der Waals surface area (Å²) >= 11 is 7.48. The lowest BCUT2D eigenvalue weighted by molar-refractivity contribution is 0.680. The SMILES string of the molecule is Clc1ccc(CCNCc2cnc[nH]2)s1. The van der Waals surface area contributed by atoms with E-state index >= 15 is 0 Å². The number of hydrogen-bond donors (Lipinski definition) is 2. The number of rotatable bonds is 5. The van der Waals surface area contributed by atoms with Gasteiger partial charge in [-0.2, -0.15) is 0 Å². The summed E-state index contributed by atoms with van der Waals surface area (Å²) < 4.78 is 0.860. The molecule has 0 atom stereocenters. The second kappa shape index (κ2) is 5.30. The molecule has 2 heterocycles. The van der Waals surface area contributed by atoms with Crippen LogP contribution < -0.4 is 5.32 Å². The molecule has 0 saturated heterocycles. The van der Waals surface area contributed by atoms with Crippen molar-refractivity contribution in [2.75, 3.05) is 6.54 Å². The Balaban J connectivity index is 1.67. The average Bonchev–Trinajstić information content (AvgIpc) is 2.84. The van der Waals surface area contributed by atoms with Crippen molar-refractivity contribution >= 4 is 22.9 Å². The molecule has 0 aliphatic carbocycles. The van der Waals surface area contributed by atoms with Crippen LogP contribution in [0.5, 0.6) is 0 Å². The molecule has 2 rings (SSSR count). The highest BCUT2D eigenvalue weighted by Crippen LogP contribution is 2.21. The zero-order valence-electron chi connectivity index (χ0n) is 8.16. The van der Waals surface area contributed by atoms with E-state index in [0.29, 0.717) is 0 Å². The average molecular weight is 242 g/mol. The van der Waals surface area contributed by atoms with E-state index in [2.05, 4.69) is 21.4 Å². The van der Waals surface area contributed by atoms with Gasteiger partial charge in [-0.3, -0.25) is 0 Å². The van der Waals surface area contributed by atoms with Crippen LogP contribution in [0.25, 0.3) is 0 Å². The van der Waals surface area contributed by atoms with Gasteiger partial charge in [0.2, 0.25) is 0 Å². The highest BCUT2D eigenvalue weighted by Gasteiger charge is 1.98. The highest BCUT2D eigenvalue weighted by atomic mass is 35.5. The van der Waals surface area contributed by atoms with E-state index < -0.39 is 0 Å². The van der Waals surface area contributed by atoms with Crippen molar-refractivity contribution in [1.82, 2.24) is 15.3 Å². The lowest BCUT2D eigenvalue weighted by atomic mass is 10.3. The monoisotopic (exact) mass is 241 g/mol. The normalized spacial score (nSPS) is 10.7. The van der Waals surface area contributed by atoms with Crippen molar-refractivity contribution in [3.05, 3.63) is 39.6 Å². The summed E-state index contributed by atoms with van der Waals surface area (Å²) in [7, 11) is 0. The van der Waals surface area contributed by atoms with Gasteiger partial charge in [0, 0.05) is 29.9 Å². The van der Waals surface area contributed by atoms with Gasteiger partial charge in [0.25, 0.3) is 0 Å². The van der Waals surface area contributed by atoms with Crippen LogP contribution in [-0.4, -0.2) is 16.5 Å². The first-order valence-electron chi connectivity index (χ1n) is 4.77. The highest BCUT2D eigenvalue weighted by molar-refractivity contribution is 7.16. The van der Waals surface area contributed by atoms with Gasteiger partial charge in [-0.1, -0.05) is 11.6 Å². The van der Waals surface area contributed by atoms with Crippen LogP contribution in [0.1, 0.15) is 10.6 Å². The molecule has 3 nitrogen and oxygen atoms in total. The van der Waals surface area contributed by atoms with E-state index in [9.17, 15) is 0 Å². The number of imidazole rings is 1. The molecular weight excluding hydrogens is 230 g/mol. The second-order valence-corrected chi connectivity index (χ2v) is 5.01. The van der Waals surface area contributed by atoms with Crippen LogP contribution in [0, 0.1) is 0 Å². The second-order valence-electron chi connectivity index (χ2n) is 3.21. The molecule has 0 fully saturated rings. The van der Waals surface area contributed by atoms with E-state index in [4.69, 9.17) is 11.6 Å². The smallest absolute Gasteiger partial charge is 0.0931 e. The fourth-order valence-electron chi connectivity index (χ4n) is 1.30. The van der Waals surface area contributed by atoms with Crippen LogP contribution in [-0.2, 0) is 13.0 Å². The van der Waals surface area contributed by atoms with Gasteiger partial charge in [-0.15, -0.1) is 11.3 Å². The Hall–Kier alpha value is -0.840. The first-order valence-corrected chi connectivity index (χ1v) is 5.96. The van der Waals surface area contributed by atoms with E-state index in [1.165, 1.54) is 4.88 Å². The van der Waals surface area contributed by atoms with Crippen LogP contribution in [0.15, 0.2) is 24.7 Å². The number of aromatic amines is 1. The van der Waals surface area contributed by atoms with Crippen molar-refractivity contribution in [1.29, 1.82) is 0 Å². The fourth-order valence-corrected chi connectivity index (χ4v) is 2.39. The van der Waals surface area contributed by atoms with Gasteiger partial charge in [0.1, 0.15) is 0 Å². The Kier molecular flexibility index (Phi) is 3.77. The van der Waals surface area contributed by atoms with Gasteiger partial charge in [-0.05, 0) is 18.6 Å². The third kappa shape index (κ3) is 3.34. The molecule has 0 unspecified atom stereocenters. The minimum Gasteiger partial charge on any atom is -0.347 e. The third-order valence-electron chi connectivity index (χ3n) is 2.05. The first kappa shape index (κ1) is 10.7. The van der Waals surface area contributed by atoms with E-state index in [0.717, 1.165) is 29.5 Å². The maximum Gasteiger partial charge on any atom is 0.0931 e. The summed E-state index contributed by atoms with van der Waals surface area (Å²) in [6, 6.07) is 4.02. The molecule has 5 heteroatoms. The molecule has 0 aliphatic rings. The number of nitrogens with zero attached hydrogens (tertiary/aromatic N) is 1. The maximum absolute atomic E-state index is 5.84. The van der Waals surface area contributed by atoms with Gasteiger partial charge in [0.15, 0.2) is 0 Å². The Morgan fingerprint density at radius 3 is 3.07 bits per heavy atom. The fraction of sp³-hybridized carbons (Fsp3) is 0.300. The van der Waals surface area contributed by atoms with Crippen LogP contribution >= 0.6 is 22.9 Å². The van der Waals surface area contributed by atoms with E-state index in [-0.39, 0.29) is 0 Å². The summed E-state index contributed by atoms with van der Waals surface area (Å²) in [5.74, 6) is 0. The van der Waals surface area contributed by atoms with Crippen molar-refractivity contribution in [3.8, 4) is 0 Å². The summed E-state index contributed by atoms with van der Waals surface area (Å²) in [6.07, 6.45) is 4.54. The molecule has 0 amide bonds. The Morgan fingerprint density at radius 2 is 2.40 bits per heavy atom. The first-order chi connectivity index (χ1) is 7.34. The largest absolute Gasteiger partial charge is 0.347 e. The molecule has 2 N–H and O–H groups in total. The number of H-pyrrole nitrogens is 1. The van der Waals surface area contributed by atoms with Gasteiger partial charge < -0.3 is 10.3 Å². The summed E-state index contributed by atoms with van der Waals surface area (Å²) in [5.41, 5.74) is 1.11. The minimum absolute atomic E-state index is 0.832. The topological polar surface area (TPSA) is 40.7 Å². The molecule has 0 aromatic carbocycles. The molecule has 0 radical (unpaired) electrons. The number of aromatic nitrogens is 2. The van der Waals surface area contributed by atoms with Crippen LogP contribution in [0.4, 0.5) is 0 Å². The molecule has 15 heavy (non-hydrogen) atoms. The number of hydrogen-bond acceptors (Lipinski definition) is 3.